The maximum absolute atomic E-state index is 12.9. The highest BCUT2D eigenvalue weighted by Crippen LogP contribution is 2.26. The highest BCUT2D eigenvalue weighted by Gasteiger charge is 2.33. The zero-order chi connectivity index (χ0) is 17.6. The maximum atomic E-state index is 12.9. The molecule has 2 aromatic rings. The molecule has 1 N–H and O–H groups in total. The normalized spacial score (nSPS) is 17.4. The molecule has 1 fully saturated rings. The summed E-state index contributed by atoms with van der Waals surface area (Å²) in [5.74, 6) is -0.409. The van der Waals surface area contributed by atoms with Crippen molar-refractivity contribution in [2.45, 2.75) is 19.1 Å². The first-order chi connectivity index (χ1) is 12.1. The van der Waals surface area contributed by atoms with Gasteiger partial charge in [0.25, 0.3) is 0 Å². The molecule has 1 unspecified atom stereocenters. The number of benzene rings is 2. The third-order valence-corrected chi connectivity index (χ3v) is 4.33. The third kappa shape index (κ3) is 4.25. The van der Waals surface area contributed by atoms with Crippen molar-refractivity contribution in [2.75, 3.05) is 19.6 Å². The van der Waals surface area contributed by atoms with Crippen molar-refractivity contribution in [2.24, 2.45) is 0 Å². The fourth-order valence-electron chi connectivity index (χ4n) is 3.04. The topological polar surface area (TPSA) is 58.6 Å². The van der Waals surface area contributed by atoms with E-state index >= 15 is 0 Å². The van der Waals surface area contributed by atoms with Crippen LogP contribution in [0.5, 0.6) is 0 Å². The lowest BCUT2D eigenvalue weighted by Gasteiger charge is -2.33. The van der Waals surface area contributed by atoms with Crippen molar-refractivity contribution in [3.05, 3.63) is 71.8 Å². The van der Waals surface area contributed by atoms with E-state index in [0.29, 0.717) is 13.1 Å². The van der Waals surface area contributed by atoms with Gasteiger partial charge in [-0.3, -0.25) is 9.69 Å². The van der Waals surface area contributed by atoms with Gasteiger partial charge < -0.3 is 10.1 Å². The molecule has 0 aliphatic carbocycles. The Morgan fingerprint density at radius 1 is 1.04 bits per heavy atom. The van der Waals surface area contributed by atoms with Crippen LogP contribution < -0.4 is 5.32 Å². The van der Waals surface area contributed by atoms with Crippen LogP contribution >= 0.6 is 0 Å². The Morgan fingerprint density at radius 2 is 1.64 bits per heavy atom. The van der Waals surface area contributed by atoms with Crippen molar-refractivity contribution in [3.8, 4) is 0 Å². The number of ether oxygens (including phenoxy) is 1. The Labute approximate surface area is 147 Å². The van der Waals surface area contributed by atoms with Crippen LogP contribution in [0.4, 0.5) is 0 Å². The summed E-state index contributed by atoms with van der Waals surface area (Å²) in [6, 6.07) is 18.5. The molecule has 2 aromatic carbocycles. The second-order valence-electron chi connectivity index (χ2n) is 6.12. The first-order valence-electron chi connectivity index (χ1n) is 8.46. The second-order valence-corrected chi connectivity index (χ2v) is 6.12. The Kier molecular flexibility index (Phi) is 5.46. The molecule has 130 valence electrons. The van der Waals surface area contributed by atoms with Crippen molar-refractivity contribution in [3.63, 3.8) is 0 Å². The number of rotatable bonds is 5. The smallest absolute Gasteiger partial charge is 0.328 e. The van der Waals surface area contributed by atoms with Crippen LogP contribution in [0.3, 0.4) is 0 Å². The number of nitrogens with zero attached hydrogens (tertiary/aromatic N) is 1. The predicted molar refractivity (Wildman–Crippen MR) is 94.7 cm³/mol. The molecular weight excluding hydrogens is 316 g/mol. The van der Waals surface area contributed by atoms with Crippen molar-refractivity contribution >= 4 is 11.9 Å². The summed E-state index contributed by atoms with van der Waals surface area (Å²) in [4.78, 5) is 26.6. The van der Waals surface area contributed by atoms with Gasteiger partial charge in [-0.15, -0.1) is 0 Å². The summed E-state index contributed by atoms with van der Waals surface area (Å²) in [5, 5.41) is 2.79. The summed E-state index contributed by atoms with van der Waals surface area (Å²) in [5.41, 5.74) is 1.78. The molecule has 2 atom stereocenters. The van der Waals surface area contributed by atoms with Gasteiger partial charge in [0.15, 0.2) is 0 Å². The summed E-state index contributed by atoms with van der Waals surface area (Å²) in [6.45, 7) is 3.19. The predicted octanol–water partition coefficient (Wildman–Crippen LogP) is 2.46. The Balaban J connectivity index is 1.81. The highest BCUT2D eigenvalue weighted by molar-refractivity contribution is 5.82. The molecular formula is C20H22N2O3. The number of nitrogens with one attached hydrogen (secondary N) is 1. The summed E-state index contributed by atoms with van der Waals surface area (Å²) in [7, 11) is 0. The van der Waals surface area contributed by atoms with Crippen molar-refractivity contribution < 1.29 is 14.3 Å². The quantitative estimate of drug-likeness (QED) is 0.851. The molecule has 1 saturated heterocycles. The van der Waals surface area contributed by atoms with E-state index in [1.165, 1.54) is 0 Å². The van der Waals surface area contributed by atoms with Gasteiger partial charge in [0.05, 0.1) is 6.54 Å². The maximum Gasteiger partial charge on any atom is 0.328 e. The van der Waals surface area contributed by atoms with Gasteiger partial charge in [-0.1, -0.05) is 60.7 Å². The molecule has 0 saturated carbocycles. The summed E-state index contributed by atoms with van der Waals surface area (Å²) >= 11 is 0. The minimum atomic E-state index is -0.585. The average Bonchev–Trinajstić information content (AvgIpc) is 2.63. The van der Waals surface area contributed by atoms with Crippen LogP contribution in [0.1, 0.15) is 30.2 Å². The molecule has 1 amide bonds. The van der Waals surface area contributed by atoms with E-state index in [0.717, 1.165) is 11.1 Å². The number of amides is 1. The van der Waals surface area contributed by atoms with E-state index in [-0.39, 0.29) is 24.5 Å². The number of hydrogen-bond acceptors (Lipinski definition) is 4. The standard InChI is InChI=1S/C20H22N2O3/c1-15(16-8-4-2-5-9-16)25-20(24)19(17-10-6-3-7-11-17)22-13-12-21-18(23)14-22/h2-11,15,19H,12-14H2,1H3,(H,21,23)/t15-,19?/m0/s1. The monoisotopic (exact) mass is 338 g/mol. The molecule has 25 heavy (non-hydrogen) atoms. The van der Waals surface area contributed by atoms with Gasteiger partial charge in [0, 0.05) is 13.1 Å². The Bertz CT molecular complexity index is 718. The lowest BCUT2D eigenvalue weighted by atomic mass is 10.0. The van der Waals surface area contributed by atoms with Crippen LogP contribution in [-0.2, 0) is 14.3 Å². The van der Waals surface area contributed by atoms with Crippen LogP contribution in [0, 0.1) is 0 Å². The zero-order valence-corrected chi connectivity index (χ0v) is 14.2. The molecule has 0 bridgehead atoms. The summed E-state index contributed by atoms with van der Waals surface area (Å²) < 4.78 is 5.73. The van der Waals surface area contributed by atoms with Gasteiger partial charge in [-0.25, -0.2) is 4.79 Å². The van der Waals surface area contributed by atoms with Gasteiger partial charge in [0.1, 0.15) is 12.1 Å². The number of piperazine rings is 1. The van der Waals surface area contributed by atoms with Crippen LogP contribution in [0.15, 0.2) is 60.7 Å². The van der Waals surface area contributed by atoms with Gasteiger partial charge in [0.2, 0.25) is 5.91 Å². The van der Waals surface area contributed by atoms with Gasteiger partial charge >= 0.3 is 5.97 Å². The first kappa shape index (κ1) is 17.2. The van der Waals surface area contributed by atoms with E-state index in [4.69, 9.17) is 4.74 Å². The van der Waals surface area contributed by atoms with Crippen molar-refractivity contribution in [1.29, 1.82) is 0 Å². The Hall–Kier alpha value is -2.66. The van der Waals surface area contributed by atoms with E-state index in [1.807, 2.05) is 72.5 Å². The molecule has 0 radical (unpaired) electrons. The van der Waals surface area contributed by atoms with Gasteiger partial charge in [-0.2, -0.15) is 0 Å². The second kappa shape index (κ2) is 7.94. The van der Waals surface area contributed by atoms with Crippen LogP contribution in [0.25, 0.3) is 0 Å². The summed E-state index contributed by atoms with van der Waals surface area (Å²) in [6.07, 6.45) is -0.349. The third-order valence-electron chi connectivity index (χ3n) is 4.33. The fraction of sp³-hybridized carbons (Fsp3) is 0.300. The first-order valence-corrected chi connectivity index (χ1v) is 8.46. The molecule has 1 heterocycles. The molecule has 0 spiro atoms. The average molecular weight is 338 g/mol. The lowest BCUT2D eigenvalue weighted by Crippen LogP contribution is -2.50. The number of hydrogen-bond donors (Lipinski definition) is 1. The molecule has 3 rings (SSSR count). The molecule has 5 heteroatoms. The number of esters is 1. The fourth-order valence-corrected chi connectivity index (χ4v) is 3.04. The molecule has 0 aromatic heterocycles. The van der Waals surface area contributed by atoms with E-state index in [9.17, 15) is 9.59 Å². The highest BCUT2D eigenvalue weighted by atomic mass is 16.5. The molecule has 5 nitrogen and oxygen atoms in total. The Morgan fingerprint density at radius 3 is 2.24 bits per heavy atom. The number of carbonyl (C=O) groups is 2. The van der Waals surface area contributed by atoms with Crippen molar-refractivity contribution in [1.82, 2.24) is 10.2 Å². The lowest BCUT2D eigenvalue weighted by molar-refractivity contribution is -0.156. The minimum Gasteiger partial charge on any atom is -0.456 e. The van der Waals surface area contributed by atoms with E-state index in [2.05, 4.69) is 5.32 Å². The molecule has 1 aliphatic heterocycles. The van der Waals surface area contributed by atoms with E-state index in [1.54, 1.807) is 0 Å². The minimum absolute atomic E-state index is 0.0731. The van der Waals surface area contributed by atoms with Crippen LogP contribution in [0.2, 0.25) is 0 Å². The van der Waals surface area contributed by atoms with Gasteiger partial charge in [-0.05, 0) is 18.1 Å². The number of carbonyl (C=O) groups excluding carboxylic acids is 2. The zero-order valence-electron chi connectivity index (χ0n) is 14.2. The van der Waals surface area contributed by atoms with E-state index < -0.39 is 6.04 Å². The SMILES string of the molecule is C[C@H](OC(=O)C(c1ccccc1)N1CCNC(=O)C1)c1ccccc1. The van der Waals surface area contributed by atoms with Crippen LogP contribution in [-0.4, -0.2) is 36.4 Å². The largest absolute Gasteiger partial charge is 0.456 e. The molecule has 1 aliphatic rings.